The van der Waals surface area contributed by atoms with Gasteiger partial charge in [-0.05, 0) is 37.0 Å². The van der Waals surface area contributed by atoms with Crippen molar-refractivity contribution in [1.29, 1.82) is 0 Å². The topological polar surface area (TPSA) is 0 Å². The fourth-order valence-electron chi connectivity index (χ4n) is 1.96. The van der Waals surface area contributed by atoms with Gasteiger partial charge in [-0.3, -0.25) is 0 Å². The van der Waals surface area contributed by atoms with Gasteiger partial charge in [0, 0.05) is 0 Å². The predicted octanol–water partition coefficient (Wildman–Crippen LogP) is 7.03. The standard InChI is InChI=1S/C6F5.2C6H15P.FH.Ni/c7-2-1-3(8)5(10)6(11)4(2)9;2*1-4-7(5-2)6-3;;/h;2*4-6H2,1-3H3;1H;/q;;;;+1/p-1. The zero-order valence-corrected chi connectivity index (χ0v) is 19.5. The molecule has 0 fully saturated rings. The van der Waals surface area contributed by atoms with E-state index in [1.54, 1.807) is 0 Å². The van der Waals surface area contributed by atoms with Gasteiger partial charge in [-0.25, -0.2) is 0 Å². The zero-order chi connectivity index (χ0) is 21.6. The average Bonchev–Trinajstić information content (AvgIpc) is 2.69. The van der Waals surface area contributed by atoms with Gasteiger partial charge in [0.2, 0.25) is 0 Å². The van der Waals surface area contributed by atoms with Crippen molar-refractivity contribution in [2.45, 2.75) is 41.5 Å². The monoisotopic (exact) mass is 480 g/mol. The Morgan fingerprint density at radius 3 is 0.889 bits per heavy atom. The zero-order valence-electron chi connectivity index (χ0n) is 16.7. The van der Waals surface area contributed by atoms with Crippen molar-refractivity contribution in [3.63, 3.8) is 0 Å². The fraction of sp³-hybridized carbons (Fsp3) is 0.667. The summed E-state index contributed by atoms with van der Waals surface area (Å²) < 4.78 is 71.9. The van der Waals surface area contributed by atoms with Gasteiger partial charge >= 0.3 is 74.1 Å². The van der Waals surface area contributed by atoms with Gasteiger partial charge in [-0.1, -0.05) is 41.5 Å². The first kappa shape index (κ1) is 29.4. The quantitative estimate of drug-likeness (QED) is 0.129. The molecule has 1 aromatic carbocycles. The number of rotatable bonds is 7. The van der Waals surface area contributed by atoms with Crippen molar-refractivity contribution in [3.05, 3.63) is 29.1 Å². The molecule has 0 aliphatic heterocycles. The molecule has 0 radical (unpaired) electrons. The van der Waals surface area contributed by atoms with Gasteiger partial charge in [-0.2, -0.15) is 0 Å². The van der Waals surface area contributed by atoms with Crippen molar-refractivity contribution in [1.82, 2.24) is 0 Å². The third-order valence-corrected chi connectivity index (χ3v) is 9.86. The van der Waals surface area contributed by atoms with Gasteiger partial charge in [0.25, 0.3) is 0 Å². The Kier molecular flexibility index (Phi) is 18.5. The first-order chi connectivity index (χ1) is 12.7. The molecule has 1 aromatic rings. The summed E-state index contributed by atoms with van der Waals surface area (Å²) in [6, 6.07) is 0. The summed E-state index contributed by atoms with van der Waals surface area (Å²) in [4.78, 5) is 0. The Morgan fingerprint density at radius 2 is 0.741 bits per heavy atom. The number of halogens is 6. The molecule has 27 heavy (non-hydrogen) atoms. The Hall–Kier alpha value is 0.154. The molecule has 9 heteroatoms. The van der Waals surface area contributed by atoms with Crippen LogP contribution in [0.25, 0.3) is 0 Å². The van der Waals surface area contributed by atoms with Gasteiger partial charge in [0.1, 0.15) is 0 Å². The minimum atomic E-state index is -2.30. The summed E-state index contributed by atoms with van der Waals surface area (Å²) in [5, 5.41) is 0. The van der Waals surface area contributed by atoms with Crippen LogP contribution in [-0.4, -0.2) is 37.0 Å². The molecule has 0 spiro atoms. The first-order valence-electron chi connectivity index (χ1n) is 8.86. The molecular formula is C18H30F6NiP2. The molecule has 0 aliphatic rings. The van der Waals surface area contributed by atoms with Crippen LogP contribution >= 0.6 is 15.8 Å². The molecule has 0 nitrogen and oxygen atoms in total. The van der Waals surface area contributed by atoms with E-state index < -0.39 is 48.5 Å². The van der Waals surface area contributed by atoms with Gasteiger partial charge in [-0.15, -0.1) is 15.8 Å². The summed E-state index contributed by atoms with van der Waals surface area (Å²) in [6.07, 6.45) is 8.51. The van der Waals surface area contributed by atoms with Crippen LogP contribution in [0.5, 0.6) is 0 Å². The van der Waals surface area contributed by atoms with E-state index in [-0.39, 0.29) is 0 Å². The molecule has 0 amide bonds. The molecule has 1 rings (SSSR count). The normalized spacial score (nSPS) is 10.6. The molecule has 0 aliphatic carbocycles. The molecule has 0 saturated carbocycles. The van der Waals surface area contributed by atoms with Gasteiger partial charge < -0.3 is 0 Å². The molecule has 164 valence electrons. The van der Waals surface area contributed by atoms with Crippen LogP contribution in [0.4, 0.5) is 25.6 Å². The SMILES string of the molecule is CCP(CC)CC.CCP(CC)CC.[F][Ni][c]1c(F)c(F)c(F)c(F)c1F. The van der Waals surface area contributed by atoms with Crippen molar-refractivity contribution in [2.24, 2.45) is 0 Å². The van der Waals surface area contributed by atoms with E-state index in [1.165, 1.54) is 37.0 Å². The van der Waals surface area contributed by atoms with Crippen LogP contribution in [0.3, 0.4) is 0 Å². The maximum atomic E-state index is 12.4. The van der Waals surface area contributed by atoms with E-state index >= 15 is 0 Å². The molecule has 0 unspecified atom stereocenters. The molecule has 0 heterocycles. The summed E-state index contributed by atoms with van der Waals surface area (Å²) in [5.41, 5.74) is 0. The first-order valence-corrected chi connectivity index (χ1v) is 13.5. The third kappa shape index (κ3) is 10.5. The van der Waals surface area contributed by atoms with Gasteiger partial charge in [0.05, 0.1) is 0 Å². The van der Waals surface area contributed by atoms with Crippen LogP contribution < -0.4 is 4.53 Å². The van der Waals surface area contributed by atoms with Crippen molar-refractivity contribution in [2.75, 3.05) is 37.0 Å². The predicted molar refractivity (Wildman–Crippen MR) is 104 cm³/mol. The molecule has 0 saturated heterocycles. The van der Waals surface area contributed by atoms with E-state index in [9.17, 15) is 25.6 Å². The van der Waals surface area contributed by atoms with Crippen LogP contribution in [0.2, 0.25) is 0 Å². The third-order valence-electron chi connectivity index (χ3n) is 3.87. The Bertz CT molecular complexity index is 471. The second-order valence-corrected chi connectivity index (χ2v) is 12.3. The second kappa shape index (κ2) is 17.0. The van der Waals surface area contributed by atoms with E-state index in [4.69, 9.17) is 0 Å². The van der Waals surface area contributed by atoms with Crippen molar-refractivity contribution >= 4 is 20.4 Å². The Labute approximate surface area is 168 Å². The van der Waals surface area contributed by atoms with Crippen LogP contribution in [0.15, 0.2) is 0 Å². The molecule has 0 atom stereocenters. The maximum absolute atomic E-state index is 12.4. The summed E-state index contributed by atoms with van der Waals surface area (Å²) in [6.45, 7) is 13.7. The molecular weight excluding hydrogens is 451 g/mol. The fourth-order valence-corrected chi connectivity index (χ4v) is 5.02. The summed E-state index contributed by atoms with van der Waals surface area (Å²) in [7, 11) is 0.892. The number of benzene rings is 1. The average molecular weight is 481 g/mol. The molecule has 0 aromatic heterocycles. The summed E-state index contributed by atoms with van der Waals surface area (Å²) >= 11 is -1.21. The molecule has 0 bridgehead atoms. The van der Waals surface area contributed by atoms with Crippen molar-refractivity contribution in [3.8, 4) is 0 Å². The Balaban J connectivity index is 0. The second-order valence-electron chi connectivity index (χ2n) is 5.15. The van der Waals surface area contributed by atoms with E-state index in [0.29, 0.717) is 15.8 Å². The van der Waals surface area contributed by atoms with E-state index in [2.05, 4.69) is 41.5 Å². The van der Waals surface area contributed by atoms with E-state index in [1.807, 2.05) is 0 Å². The Morgan fingerprint density at radius 1 is 0.519 bits per heavy atom. The number of hydrogen-bond acceptors (Lipinski definition) is 0. The minimum absolute atomic E-state index is 0.446. The van der Waals surface area contributed by atoms with E-state index in [0.717, 1.165) is 0 Å². The van der Waals surface area contributed by atoms with Crippen LogP contribution in [-0.2, 0) is 14.9 Å². The van der Waals surface area contributed by atoms with Crippen molar-refractivity contribution < 1.29 is 40.4 Å². The van der Waals surface area contributed by atoms with Crippen LogP contribution in [0, 0.1) is 29.1 Å². The number of hydrogen-bond donors (Lipinski definition) is 0. The molecule has 0 N–H and O–H groups in total. The summed E-state index contributed by atoms with van der Waals surface area (Å²) in [5.74, 6) is -10.9. The van der Waals surface area contributed by atoms with Crippen LogP contribution in [0.1, 0.15) is 41.5 Å². The van der Waals surface area contributed by atoms with Gasteiger partial charge in [0.15, 0.2) is 0 Å².